The summed E-state index contributed by atoms with van der Waals surface area (Å²) in [5.41, 5.74) is 1.26. The lowest BCUT2D eigenvalue weighted by molar-refractivity contribution is -0.130. The standard InChI is InChI=1S/C14H20N2O2/c1-12(17)16-8-6-15(7-9-16)11-13-4-3-5-14(10-13)18-2/h3-5,10H,6-9,11H2,1-2H3. The summed E-state index contributed by atoms with van der Waals surface area (Å²) in [6.07, 6.45) is 0. The Bertz CT molecular complexity index is 412. The highest BCUT2D eigenvalue weighted by Crippen LogP contribution is 2.15. The molecular formula is C14H20N2O2. The summed E-state index contributed by atoms with van der Waals surface area (Å²) >= 11 is 0. The SMILES string of the molecule is COc1cccc(CN2CCN(C(C)=O)CC2)c1. The number of ether oxygens (including phenoxy) is 1. The molecule has 1 saturated heterocycles. The third-order valence-electron chi connectivity index (χ3n) is 3.36. The van der Waals surface area contributed by atoms with E-state index in [-0.39, 0.29) is 5.91 Å². The third-order valence-corrected chi connectivity index (χ3v) is 3.36. The minimum Gasteiger partial charge on any atom is -0.497 e. The molecule has 1 aliphatic rings. The van der Waals surface area contributed by atoms with Gasteiger partial charge < -0.3 is 9.64 Å². The van der Waals surface area contributed by atoms with Crippen LogP contribution in [0.1, 0.15) is 12.5 Å². The molecule has 18 heavy (non-hydrogen) atoms. The molecule has 4 nitrogen and oxygen atoms in total. The Morgan fingerprint density at radius 3 is 2.61 bits per heavy atom. The average molecular weight is 248 g/mol. The summed E-state index contributed by atoms with van der Waals surface area (Å²) < 4.78 is 5.22. The van der Waals surface area contributed by atoms with Crippen LogP contribution >= 0.6 is 0 Å². The normalized spacial score (nSPS) is 16.7. The van der Waals surface area contributed by atoms with E-state index in [1.54, 1.807) is 14.0 Å². The van der Waals surface area contributed by atoms with Crippen molar-refractivity contribution in [3.63, 3.8) is 0 Å². The first kappa shape index (κ1) is 12.9. The fourth-order valence-corrected chi connectivity index (χ4v) is 2.25. The second-order valence-corrected chi connectivity index (χ2v) is 4.63. The van der Waals surface area contributed by atoms with Gasteiger partial charge in [-0.3, -0.25) is 9.69 Å². The van der Waals surface area contributed by atoms with Crippen LogP contribution in [0.15, 0.2) is 24.3 Å². The van der Waals surface area contributed by atoms with Crippen molar-refractivity contribution in [1.82, 2.24) is 9.80 Å². The molecule has 1 fully saturated rings. The Morgan fingerprint density at radius 2 is 2.00 bits per heavy atom. The van der Waals surface area contributed by atoms with Gasteiger partial charge >= 0.3 is 0 Å². The van der Waals surface area contributed by atoms with Crippen LogP contribution in [0.25, 0.3) is 0 Å². The van der Waals surface area contributed by atoms with Gasteiger partial charge in [-0.1, -0.05) is 12.1 Å². The summed E-state index contributed by atoms with van der Waals surface area (Å²) in [5.74, 6) is 1.07. The molecule has 0 saturated carbocycles. The van der Waals surface area contributed by atoms with E-state index >= 15 is 0 Å². The molecule has 0 spiro atoms. The zero-order chi connectivity index (χ0) is 13.0. The van der Waals surface area contributed by atoms with Crippen LogP contribution in [0, 0.1) is 0 Å². The Hall–Kier alpha value is -1.55. The molecule has 2 rings (SSSR count). The lowest BCUT2D eigenvalue weighted by Gasteiger charge is -2.34. The molecule has 0 unspecified atom stereocenters. The molecule has 0 aromatic heterocycles. The van der Waals surface area contributed by atoms with Crippen molar-refractivity contribution in [2.75, 3.05) is 33.3 Å². The van der Waals surface area contributed by atoms with Crippen LogP contribution in [0.3, 0.4) is 0 Å². The van der Waals surface area contributed by atoms with Crippen molar-refractivity contribution in [1.29, 1.82) is 0 Å². The first-order chi connectivity index (χ1) is 8.69. The monoisotopic (exact) mass is 248 g/mol. The Morgan fingerprint density at radius 1 is 1.28 bits per heavy atom. The number of carbonyl (C=O) groups is 1. The summed E-state index contributed by atoms with van der Waals surface area (Å²) in [6, 6.07) is 8.15. The van der Waals surface area contributed by atoms with E-state index in [0.29, 0.717) is 0 Å². The number of hydrogen-bond acceptors (Lipinski definition) is 3. The summed E-state index contributed by atoms with van der Waals surface area (Å²) in [7, 11) is 1.69. The second-order valence-electron chi connectivity index (χ2n) is 4.63. The van der Waals surface area contributed by atoms with Gasteiger partial charge in [0.2, 0.25) is 5.91 Å². The minimum atomic E-state index is 0.177. The van der Waals surface area contributed by atoms with Gasteiger partial charge in [-0.05, 0) is 17.7 Å². The van der Waals surface area contributed by atoms with E-state index in [4.69, 9.17) is 4.74 Å². The Kier molecular flexibility index (Phi) is 4.20. The van der Waals surface area contributed by atoms with Crippen LogP contribution in [0.4, 0.5) is 0 Å². The quantitative estimate of drug-likeness (QED) is 0.809. The van der Waals surface area contributed by atoms with Crippen LogP contribution in [0.5, 0.6) is 5.75 Å². The minimum absolute atomic E-state index is 0.177. The van der Waals surface area contributed by atoms with Crippen molar-refractivity contribution in [3.8, 4) is 5.75 Å². The number of benzene rings is 1. The molecular weight excluding hydrogens is 228 g/mol. The number of amides is 1. The van der Waals surface area contributed by atoms with Crippen molar-refractivity contribution in [3.05, 3.63) is 29.8 Å². The van der Waals surface area contributed by atoms with E-state index in [2.05, 4.69) is 17.0 Å². The zero-order valence-electron chi connectivity index (χ0n) is 11.1. The van der Waals surface area contributed by atoms with Crippen LogP contribution in [-0.2, 0) is 11.3 Å². The highest BCUT2D eigenvalue weighted by atomic mass is 16.5. The van der Waals surface area contributed by atoms with Crippen molar-refractivity contribution in [2.45, 2.75) is 13.5 Å². The summed E-state index contributed by atoms with van der Waals surface area (Å²) in [6.45, 7) is 6.10. The Labute approximate surface area is 108 Å². The predicted molar refractivity (Wildman–Crippen MR) is 70.5 cm³/mol. The molecule has 1 heterocycles. The lowest BCUT2D eigenvalue weighted by Crippen LogP contribution is -2.47. The number of piperazine rings is 1. The van der Waals surface area contributed by atoms with E-state index in [1.165, 1.54) is 5.56 Å². The molecule has 4 heteroatoms. The van der Waals surface area contributed by atoms with Crippen molar-refractivity contribution >= 4 is 5.91 Å². The van der Waals surface area contributed by atoms with E-state index in [9.17, 15) is 4.79 Å². The topological polar surface area (TPSA) is 32.8 Å². The molecule has 98 valence electrons. The molecule has 0 radical (unpaired) electrons. The molecule has 1 aliphatic heterocycles. The molecule has 1 aromatic rings. The lowest BCUT2D eigenvalue weighted by atomic mass is 10.2. The van der Waals surface area contributed by atoms with Gasteiger partial charge in [0.25, 0.3) is 0 Å². The van der Waals surface area contributed by atoms with Gasteiger partial charge in [0.1, 0.15) is 5.75 Å². The van der Waals surface area contributed by atoms with E-state index in [0.717, 1.165) is 38.5 Å². The molecule has 0 bridgehead atoms. The summed E-state index contributed by atoms with van der Waals surface area (Å²) in [5, 5.41) is 0. The molecule has 1 amide bonds. The highest BCUT2D eigenvalue weighted by molar-refractivity contribution is 5.73. The van der Waals surface area contributed by atoms with Gasteiger partial charge in [-0.2, -0.15) is 0 Å². The fourth-order valence-electron chi connectivity index (χ4n) is 2.25. The van der Waals surface area contributed by atoms with Crippen molar-refractivity contribution < 1.29 is 9.53 Å². The highest BCUT2D eigenvalue weighted by Gasteiger charge is 2.18. The first-order valence-electron chi connectivity index (χ1n) is 6.30. The van der Waals surface area contributed by atoms with Gasteiger partial charge in [0, 0.05) is 39.6 Å². The van der Waals surface area contributed by atoms with E-state index < -0.39 is 0 Å². The number of rotatable bonds is 3. The van der Waals surface area contributed by atoms with Gasteiger partial charge in [-0.25, -0.2) is 0 Å². The number of hydrogen-bond donors (Lipinski definition) is 0. The average Bonchev–Trinajstić information content (AvgIpc) is 2.39. The molecule has 0 atom stereocenters. The predicted octanol–water partition coefficient (Wildman–Crippen LogP) is 1.36. The van der Waals surface area contributed by atoms with Gasteiger partial charge in [-0.15, -0.1) is 0 Å². The smallest absolute Gasteiger partial charge is 0.219 e. The van der Waals surface area contributed by atoms with E-state index in [1.807, 2.05) is 17.0 Å². The largest absolute Gasteiger partial charge is 0.497 e. The van der Waals surface area contributed by atoms with Crippen LogP contribution in [0.2, 0.25) is 0 Å². The number of nitrogens with zero attached hydrogens (tertiary/aromatic N) is 2. The zero-order valence-corrected chi connectivity index (χ0v) is 11.1. The number of carbonyl (C=O) groups excluding carboxylic acids is 1. The maximum atomic E-state index is 11.2. The molecule has 1 aromatic carbocycles. The van der Waals surface area contributed by atoms with Crippen LogP contribution in [-0.4, -0.2) is 49.0 Å². The molecule has 0 aliphatic carbocycles. The maximum absolute atomic E-state index is 11.2. The van der Waals surface area contributed by atoms with Crippen LogP contribution < -0.4 is 4.74 Å². The number of methoxy groups -OCH3 is 1. The second kappa shape index (κ2) is 5.87. The van der Waals surface area contributed by atoms with Gasteiger partial charge in [0.15, 0.2) is 0 Å². The molecule has 0 N–H and O–H groups in total. The Balaban J connectivity index is 1.89. The summed E-state index contributed by atoms with van der Waals surface area (Å²) in [4.78, 5) is 15.5. The maximum Gasteiger partial charge on any atom is 0.219 e. The third kappa shape index (κ3) is 3.23. The van der Waals surface area contributed by atoms with Gasteiger partial charge in [0.05, 0.1) is 7.11 Å². The fraction of sp³-hybridized carbons (Fsp3) is 0.500. The van der Waals surface area contributed by atoms with Crippen molar-refractivity contribution in [2.24, 2.45) is 0 Å². The first-order valence-corrected chi connectivity index (χ1v) is 6.30.